The van der Waals surface area contributed by atoms with E-state index in [-0.39, 0.29) is 0 Å². The summed E-state index contributed by atoms with van der Waals surface area (Å²) in [6.45, 7) is 15.4. The van der Waals surface area contributed by atoms with Crippen LogP contribution in [0.15, 0.2) is 11.8 Å². The van der Waals surface area contributed by atoms with E-state index >= 15 is 0 Å². The summed E-state index contributed by atoms with van der Waals surface area (Å²) in [4.78, 5) is 0. The van der Waals surface area contributed by atoms with Crippen molar-refractivity contribution >= 4 is 17.9 Å². The zero-order valence-corrected chi connectivity index (χ0v) is 20.1. The van der Waals surface area contributed by atoms with Crippen LogP contribution < -0.4 is 0 Å². The molecule has 0 amide bonds. The summed E-state index contributed by atoms with van der Waals surface area (Å²) in [5.74, 6) is 0. The summed E-state index contributed by atoms with van der Waals surface area (Å²) < 4.78 is 40.3. The molecule has 0 aromatic rings. The Hall–Kier alpha value is -0.106. The molecule has 0 unspecified atom stereocenters. The molecule has 0 aromatic heterocycles. The first kappa shape index (κ1) is 26.9. The van der Waals surface area contributed by atoms with Crippen LogP contribution in [-0.2, 0) is 31.0 Å². The molecule has 0 aliphatic carbocycles. The molecule has 0 N–H and O–H groups in total. The van der Waals surface area contributed by atoms with Crippen LogP contribution in [0.4, 0.5) is 0 Å². The van der Waals surface area contributed by atoms with E-state index in [4.69, 9.17) is 31.0 Å². The fourth-order valence-electron chi connectivity index (χ4n) is 2.44. The van der Waals surface area contributed by atoms with E-state index < -0.39 is 17.9 Å². The van der Waals surface area contributed by atoms with Crippen molar-refractivity contribution in [2.45, 2.75) is 60.8 Å². The molecule has 7 nitrogen and oxygen atoms in total. The minimum absolute atomic E-state index is 0.508. The van der Waals surface area contributed by atoms with Gasteiger partial charge in [0.25, 0.3) is 0 Å². The molecular weight excluding hydrogens is 384 g/mol. The van der Waals surface area contributed by atoms with Gasteiger partial charge in [0, 0.05) is 46.2 Å². The maximum absolute atomic E-state index is 5.90. The highest BCUT2D eigenvalue weighted by molar-refractivity contribution is 6.66. The van der Waals surface area contributed by atoms with Crippen molar-refractivity contribution in [1.29, 1.82) is 0 Å². The molecule has 27 heavy (non-hydrogen) atoms. The van der Waals surface area contributed by atoms with Crippen molar-refractivity contribution in [1.82, 2.24) is 0 Å². The molecular formula is C18H40O7Si2. The number of hydrogen-bond donors (Lipinski definition) is 0. The third-order valence-corrected chi connectivity index (χ3v) is 8.57. The summed E-state index contributed by atoms with van der Waals surface area (Å²) in [5.41, 5.74) is 1.99. The standard InChI is InChI=1S/C18H40O7Si2/c1-7-19-26(20-8-2,21-9-3)18-16-14-13-15-17-25-27(22-10-4,23-11-5)24-12-6/h16,18H,7-15,17H2,1-6H3/b18-16+. The molecule has 0 bridgehead atoms. The van der Waals surface area contributed by atoms with Gasteiger partial charge in [0.2, 0.25) is 0 Å². The molecule has 9 heteroatoms. The van der Waals surface area contributed by atoms with Gasteiger partial charge in [-0.1, -0.05) is 6.08 Å². The Morgan fingerprint density at radius 2 is 1.00 bits per heavy atom. The molecule has 162 valence electrons. The van der Waals surface area contributed by atoms with Gasteiger partial charge in [0.1, 0.15) is 0 Å². The minimum atomic E-state index is -3.00. The SMILES string of the molecule is CCO[Si](/C=C/CCCCO[Si](OCC)(OCC)OCC)(OCC)OCC. The molecule has 0 spiro atoms. The van der Waals surface area contributed by atoms with E-state index in [0.717, 1.165) is 19.3 Å². The largest absolute Gasteiger partial charge is 0.679 e. The lowest BCUT2D eigenvalue weighted by Gasteiger charge is -2.26. The topological polar surface area (TPSA) is 64.6 Å². The second-order valence-corrected chi connectivity index (χ2v) is 10.0. The predicted molar refractivity (Wildman–Crippen MR) is 110 cm³/mol. The van der Waals surface area contributed by atoms with E-state index in [0.29, 0.717) is 46.2 Å². The van der Waals surface area contributed by atoms with Gasteiger partial charge in [0.15, 0.2) is 0 Å². The normalized spacial score (nSPS) is 13.0. The van der Waals surface area contributed by atoms with Gasteiger partial charge >= 0.3 is 17.9 Å². The Morgan fingerprint density at radius 1 is 0.556 bits per heavy atom. The highest BCUT2D eigenvalue weighted by atomic mass is 28.4. The van der Waals surface area contributed by atoms with Crippen LogP contribution in [0.5, 0.6) is 0 Å². The van der Waals surface area contributed by atoms with Crippen LogP contribution >= 0.6 is 0 Å². The summed E-state index contributed by atoms with van der Waals surface area (Å²) in [6, 6.07) is 0. The number of rotatable bonds is 19. The van der Waals surface area contributed by atoms with Crippen LogP contribution in [0.3, 0.4) is 0 Å². The minimum Gasteiger partial charge on any atom is -0.371 e. The van der Waals surface area contributed by atoms with E-state index in [1.54, 1.807) is 0 Å². The first-order valence-electron chi connectivity index (χ1n) is 10.2. The zero-order chi connectivity index (χ0) is 20.4. The van der Waals surface area contributed by atoms with Gasteiger partial charge in [-0.3, -0.25) is 0 Å². The number of hydrogen-bond acceptors (Lipinski definition) is 7. The molecule has 0 aliphatic heterocycles. The van der Waals surface area contributed by atoms with Gasteiger partial charge in [-0.05, 0) is 66.5 Å². The predicted octanol–water partition coefficient (Wildman–Crippen LogP) is 3.86. The summed E-state index contributed by atoms with van der Waals surface area (Å²) in [5, 5.41) is 0. The van der Waals surface area contributed by atoms with E-state index in [2.05, 4.69) is 6.08 Å². The fraction of sp³-hybridized carbons (Fsp3) is 0.889. The fourth-order valence-corrected chi connectivity index (χ4v) is 6.60. The second-order valence-electron chi connectivity index (χ2n) is 5.45. The maximum atomic E-state index is 5.90. The molecule has 0 rings (SSSR count). The Labute approximate surface area is 168 Å². The Morgan fingerprint density at radius 3 is 1.41 bits per heavy atom. The summed E-state index contributed by atoms with van der Waals surface area (Å²) >= 11 is 0. The van der Waals surface area contributed by atoms with Gasteiger partial charge in [-0.25, -0.2) is 0 Å². The van der Waals surface area contributed by atoms with Crippen molar-refractivity contribution in [2.24, 2.45) is 0 Å². The van der Waals surface area contributed by atoms with Crippen molar-refractivity contribution in [3.63, 3.8) is 0 Å². The quantitative estimate of drug-likeness (QED) is 0.230. The summed E-state index contributed by atoms with van der Waals surface area (Å²) in [7, 11) is -5.69. The smallest absolute Gasteiger partial charge is 0.371 e. The Bertz CT molecular complexity index is 336. The average Bonchev–Trinajstić information content (AvgIpc) is 2.62. The molecule has 0 saturated heterocycles. The Balaban J connectivity index is 4.42. The van der Waals surface area contributed by atoms with E-state index in [1.807, 2.05) is 47.2 Å². The van der Waals surface area contributed by atoms with Crippen LogP contribution in [0.2, 0.25) is 0 Å². The highest BCUT2D eigenvalue weighted by Crippen LogP contribution is 2.15. The maximum Gasteiger partial charge on any atom is 0.679 e. The molecule has 0 saturated carbocycles. The third-order valence-electron chi connectivity index (χ3n) is 3.37. The second kappa shape index (κ2) is 16.8. The van der Waals surface area contributed by atoms with Gasteiger partial charge in [0.05, 0.1) is 0 Å². The van der Waals surface area contributed by atoms with E-state index in [1.165, 1.54) is 0 Å². The number of allylic oxidation sites excluding steroid dienone is 1. The molecule has 0 heterocycles. The molecule has 0 aliphatic rings. The first-order chi connectivity index (χ1) is 13.1. The molecule has 0 atom stereocenters. The lowest BCUT2D eigenvalue weighted by molar-refractivity contribution is -0.0279. The van der Waals surface area contributed by atoms with Crippen molar-refractivity contribution in [2.75, 3.05) is 46.2 Å². The molecule has 0 aromatic carbocycles. The van der Waals surface area contributed by atoms with Crippen LogP contribution in [-0.4, -0.2) is 64.1 Å². The summed E-state index contributed by atoms with van der Waals surface area (Å²) in [6.07, 6.45) is 4.85. The Kier molecular flexibility index (Phi) is 16.7. The van der Waals surface area contributed by atoms with Gasteiger partial charge in [-0.15, -0.1) is 0 Å². The molecule has 0 fully saturated rings. The van der Waals surface area contributed by atoms with Crippen LogP contribution in [0, 0.1) is 0 Å². The van der Waals surface area contributed by atoms with Crippen molar-refractivity contribution < 1.29 is 31.0 Å². The van der Waals surface area contributed by atoms with Crippen LogP contribution in [0.1, 0.15) is 60.8 Å². The average molecular weight is 425 g/mol. The first-order valence-corrected chi connectivity index (χ1v) is 13.7. The molecule has 0 radical (unpaired) electrons. The van der Waals surface area contributed by atoms with Crippen molar-refractivity contribution in [3.8, 4) is 0 Å². The highest BCUT2D eigenvalue weighted by Gasteiger charge is 2.44. The lowest BCUT2D eigenvalue weighted by atomic mass is 10.2. The third kappa shape index (κ3) is 11.5. The van der Waals surface area contributed by atoms with Gasteiger partial charge < -0.3 is 31.0 Å². The zero-order valence-electron chi connectivity index (χ0n) is 18.1. The van der Waals surface area contributed by atoms with Gasteiger partial charge in [-0.2, -0.15) is 0 Å². The van der Waals surface area contributed by atoms with Crippen molar-refractivity contribution in [3.05, 3.63) is 11.8 Å². The number of unbranched alkanes of at least 4 members (excludes halogenated alkanes) is 2. The van der Waals surface area contributed by atoms with Crippen LogP contribution in [0.25, 0.3) is 0 Å². The monoisotopic (exact) mass is 424 g/mol. The lowest BCUT2D eigenvalue weighted by Crippen LogP contribution is -2.49. The van der Waals surface area contributed by atoms with E-state index in [9.17, 15) is 0 Å².